The van der Waals surface area contributed by atoms with Gasteiger partial charge in [0.15, 0.2) is 5.96 Å². The predicted octanol–water partition coefficient (Wildman–Crippen LogP) is 3.28. The van der Waals surface area contributed by atoms with Crippen molar-refractivity contribution in [3.8, 4) is 0 Å². The van der Waals surface area contributed by atoms with Gasteiger partial charge in [-0.2, -0.15) is 0 Å². The average Bonchev–Trinajstić information content (AvgIpc) is 3.01. The molecule has 1 aliphatic rings. The number of hydrogen-bond acceptors (Lipinski definition) is 4. The summed E-state index contributed by atoms with van der Waals surface area (Å²) in [7, 11) is 1.83. The van der Waals surface area contributed by atoms with Crippen LogP contribution < -0.4 is 10.6 Å². The highest BCUT2D eigenvalue weighted by atomic mass is 127. The number of likely N-dealkylation sites (tertiary alicyclic amines) is 1. The number of rotatable bonds is 6. The number of aromatic nitrogens is 1. The maximum atomic E-state index is 12.1. The van der Waals surface area contributed by atoms with Gasteiger partial charge in [-0.05, 0) is 31.6 Å². The van der Waals surface area contributed by atoms with Crippen molar-refractivity contribution in [3.63, 3.8) is 0 Å². The van der Waals surface area contributed by atoms with E-state index in [1.54, 1.807) is 5.51 Å². The summed E-state index contributed by atoms with van der Waals surface area (Å²) in [4.78, 5) is 23.7. The van der Waals surface area contributed by atoms with Crippen molar-refractivity contribution >= 4 is 47.2 Å². The highest BCUT2D eigenvalue weighted by Crippen LogP contribution is 2.33. The monoisotopic (exact) mass is 493 g/mol. The molecule has 1 aromatic rings. The minimum atomic E-state index is -0.0507. The van der Waals surface area contributed by atoms with E-state index in [1.807, 2.05) is 14.0 Å². The van der Waals surface area contributed by atoms with Crippen LogP contribution in [-0.2, 0) is 0 Å². The van der Waals surface area contributed by atoms with Crippen molar-refractivity contribution in [2.24, 2.45) is 10.4 Å². The number of hydrogen-bond donors (Lipinski definition) is 2. The van der Waals surface area contributed by atoms with Crippen molar-refractivity contribution in [1.82, 2.24) is 20.5 Å². The smallest absolute Gasteiger partial charge is 0.263 e. The molecule has 2 N–H and O–H groups in total. The summed E-state index contributed by atoms with van der Waals surface area (Å²) in [5.74, 6) is 0.885. The Labute approximate surface area is 178 Å². The van der Waals surface area contributed by atoms with Crippen molar-refractivity contribution in [2.45, 2.75) is 46.5 Å². The normalized spacial score (nSPS) is 20.5. The first-order valence-corrected chi connectivity index (χ1v) is 10.0. The number of nitrogens with one attached hydrogen (secondary N) is 2. The first-order valence-electron chi connectivity index (χ1n) is 9.13. The number of nitrogens with zero attached hydrogens (tertiary/aromatic N) is 3. The Bertz CT molecular complexity index is 602. The topological polar surface area (TPSA) is 69.6 Å². The highest BCUT2D eigenvalue weighted by Gasteiger charge is 2.31. The Morgan fingerprint density at radius 3 is 2.77 bits per heavy atom. The number of thiazole rings is 1. The van der Waals surface area contributed by atoms with Gasteiger partial charge < -0.3 is 15.5 Å². The molecule has 1 unspecified atom stereocenters. The van der Waals surface area contributed by atoms with Crippen LogP contribution in [-0.4, -0.2) is 55.0 Å². The zero-order valence-electron chi connectivity index (χ0n) is 16.3. The maximum absolute atomic E-state index is 12.1. The molecule has 0 radical (unpaired) electrons. The summed E-state index contributed by atoms with van der Waals surface area (Å²) in [6.07, 6.45) is 4.97. The number of carbonyl (C=O) groups is 1. The molecule has 0 aliphatic carbocycles. The molecule has 1 aromatic heterocycles. The van der Waals surface area contributed by atoms with E-state index in [9.17, 15) is 4.79 Å². The van der Waals surface area contributed by atoms with E-state index in [0.717, 1.165) is 24.7 Å². The van der Waals surface area contributed by atoms with Crippen LogP contribution in [0.3, 0.4) is 0 Å². The standard InChI is InChI=1S/C18H31N5OS.HI/c1-5-7-18(3)8-6-11-23(12-18)17(19-4)21-10-9-20-16(24)15-14(2)22-13-25-15;/h13H,5-12H2,1-4H3,(H,19,21)(H,20,24);1H. The first kappa shape index (κ1) is 23.1. The second-order valence-corrected chi connectivity index (χ2v) is 7.94. The molecule has 1 atom stereocenters. The summed E-state index contributed by atoms with van der Waals surface area (Å²) in [6, 6.07) is 0. The predicted molar refractivity (Wildman–Crippen MR) is 120 cm³/mol. The Hall–Kier alpha value is -0.900. The van der Waals surface area contributed by atoms with Crippen LogP contribution in [0.1, 0.15) is 54.9 Å². The van der Waals surface area contributed by atoms with Crippen molar-refractivity contribution in [2.75, 3.05) is 33.2 Å². The van der Waals surface area contributed by atoms with E-state index in [0.29, 0.717) is 23.4 Å². The molecule has 1 aliphatic heterocycles. The van der Waals surface area contributed by atoms with Gasteiger partial charge in [-0.15, -0.1) is 35.3 Å². The summed E-state index contributed by atoms with van der Waals surface area (Å²) in [5.41, 5.74) is 2.87. The summed E-state index contributed by atoms with van der Waals surface area (Å²) < 4.78 is 0. The second kappa shape index (κ2) is 11.1. The lowest BCUT2D eigenvalue weighted by Gasteiger charge is -2.42. The van der Waals surface area contributed by atoms with Crippen LogP contribution in [0.15, 0.2) is 10.5 Å². The van der Waals surface area contributed by atoms with Gasteiger partial charge >= 0.3 is 0 Å². The van der Waals surface area contributed by atoms with Gasteiger partial charge in [0, 0.05) is 33.2 Å². The van der Waals surface area contributed by atoms with Crippen LogP contribution in [0, 0.1) is 12.3 Å². The van der Waals surface area contributed by atoms with E-state index in [-0.39, 0.29) is 29.9 Å². The fraction of sp³-hybridized carbons (Fsp3) is 0.722. The van der Waals surface area contributed by atoms with E-state index in [1.165, 1.54) is 37.0 Å². The number of carbonyl (C=O) groups excluding carboxylic acids is 1. The summed E-state index contributed by atoms with van der Waals surface area (Å²) in [5, 5.41) is 6.32. The molecule has 2 heterocycles. The molecule has 1 amide bonds. The van der Waals surface area contributed by atoms with Gasteiger partial charge in [-0.25, -0.2) is 4.98 Å². The minimum Gasteiger partial charge on any atom is -0.354 e. The van der Waals surface area contributed by atoms with Gasteiger partial charge in [-0.3, -0.25) is 9.79 Å². The van der Waals surface area contributed by atoms with Gasteiger partial charge in [0.25, 0.3) is 5.91 Å². The second-order valence-electron chi connectivity index (χ2n) is 7.08. The number of guanidine groups is 1. The average molecular weight is 493 g/mol. The molecule has 26 heavy (non-hydrogen) atoms. The number of amides is 1. The molecule has 0 aromatic carbocycles. The SMILES string of the molecule is CCCC1(C)CCCN(C(=NC)NCCNC(=O)c2scnc2C)C1.I. The molecule has 8 heteroatoms. The lowest BCUT2D eigenvalue weighted by molar-refractivity contribution is 0.0957. The fourth-order valence-corrected chi connectivity index (χ4v) is 4.31. The minimum absolute atomic E-state index is 0. The van der Waals surface area contributed by atoms with E-state index in [2.05, 4.69) is 39.4 Å². The van der Waals surface area contributed by atoms with Gasteiger partial charge in [0.2, 0.25) is 0 Å². The van der Waals surface area contributed by atoms with Crippen LogP contribution in [0.4, 0.5) is 0 Å². The molecule has 0 saturated carbocycles. The van der Waals surface area contributed by atoms with Crippen LogP contribution >= 0.6 is 35.3 Å². The molecule has 2 rings (SSSR count). The third kappa shape index (κ3) is 6.37. The molecule has 1 fully saturated rings. The maximum Gasteiger partial charge on any atom is 0.263 e. The number of piperidine rings is 1. The zero-order valence-corrected chi connectivity index (χ0v) is 19.4. The van der Waals surface area contributed by atoms with E-state index < -0.39 is 0 Å². The lowest BCUT2D eigenvalue weighted by Crippen LogP contribution is -2.50. The Morgan fingerprint density at radius 2 is 2.15 bits per heavy atom. The summed E-state index contributed by atoms with van der Waals surface area (Å²) in [6.45, 7) is 9.82. The molecule has 148 valence electrons. The number of halogens is 1. The van der Waals surface area contributed by atoms with Crippen LogP contribution in [0.5, 0.6) is 0 Å². The first-order chi connectivity index (χ1) is 12.0. The molecule has 6 nitrogen and oxygen atoms in total. The fourth-order valence-electron chi connectivity index (χ4n) is 3.59. The molecule has 0 spiro atoms. The molecular weight excluding hydrogens is 461 g/mol. The summed E-state index contributed by atoms with van der Waals surface area (Å²) >= 11 is 1.38. The molecular formula is C18H32IN5OS. The van der Waals surface area contributed by atoms with Gasteiger partial charge in [0.1, 0.15) is 4.88 Å². The number of aryl methyl sites for hydroxylation is 1. The van der Waals surface area contributed by atoms with Crippen molar-refractivity contribution in [3.05, 3.63) is 16.1 Å². The number of aliphatic imine (C=N–C) groups is 1. The van der Waals surface area contributed by atoms with Crippen molar-refractivity contribution in [1.29, 1.82) is 0 Å². The van der Waals surface area contributed by atoms with E-state index >= 15 is 0 Å². The van der Waals surface area contributed by atoms with Gasteiger partial charge in [-0.1, -0.05) is 20.3 Å². The highest BCUT2D eigenvalue weighted by molar-refractivity contribution is 14.0. The van der Waals surface area contributed by atoms with Crippen molar-refractivity contribution < 1.29 is 4.79 Å². The van der Waals surface area contributed by atoms with Crippen LogP contribution in [0.2, 0.25) is 0 Å². The Balaban J connectivity index is 0.00000338. The third-order valence-electron chi connectivity index (χ3n) is 4.79. The third-order valence-corrected chi connectivity index (χ3v) is 5.72. The largest absolute Gasteiger partial charge is 0.354 e. The zero-order chi connectivity index (χ0) is 18.3. The van der Waals surface area contributed by atoms with Crippen LogP contribution in [0.25, 0.3) is 0 Å². The van der Waals surface area contributed by atoms with E-state index in [4.69, 9.17) is 0 Å². The van der Waals surface area contributed by atoms with Gasteiger partial charge in [0.05, 0.1) is 11.2 Å². The quantitative estimate of drug-likeness (QED) is 0.276. The Kier molecular flexibility index (Phi) is 9.84. The molecule has 1 saturated heterocycles. The lowest BCUT2D eigenvalue weighted by atomic mass is 9.78. The Morgan fingerprint density at radius 1 is 1.42 bits per heavy atom. The molecule has 0 bridgehead atoms.